The number of amides is 11. The van der Waals surface area contributed by atoms with Crippen LogP contribution in [-0.2, 0) is 88.0 Å². The van der Waals surface area contributed by atoms with Gasteiger partial charge < -0.3 is 78.1 Å². The summed E-state index contributed by atoms with van der Waals surface area (Å²) in [6, 6.07) is 16.0. The van der Waals surface area contributed by atoms with E-state index in [0.29, 0.717) is 36.1 Å². The SMILES string of the molecule is [2H]C([2H])([2H])[N+]([C@@H](Cc1ccccc1)C(=O)N[C@@H](Cc1ccccc1)C(=O)N[C@H](C(=O)N[C@@H](C)C(=O)N1CCC[C@H]1C(=O)N[C@@H](Cc1ccccc1)C(=O)N1CCC[C@H]1C(=O)N[C@@H](CCC(=O)O)C(=O)N[C@H](C(=O)N[C@@H](Cc1ccccc1)C(=O)NCC(=O)N[C@@H](CCCCN)C(=O)O)C(C)C)C(C)C)(C([2H])([2H])[2H])C([2H])([2H])[2H]. The molecule has 0 saturated carbocycles. The Labute approximate surface area is 614 Å². The number of carbonyl (C=O) groups is 13. The van der Waals surface area contributed by atoms with Gasteiger partial charge in [-0.05, 0) is 98.9 Å². The summed E-state index contributed by atoms with van der Waals surface area (Å²) in [5.74, 6) is -14.2. The number of rotatable bonds is 39. The van der Waals surface area contributed by atoms with Crippen molar-refractivity contribution in [2.45, 2.75) is 185 Å². The Morgan fingerprint density at radius 2 is 0.903 bits per heavy atom. The third-order valence-electron chi connectivity index (χ3n) is 18.0. The third kappa shape index (κ3) is 25.4. The normalized spacial score (nSPS) is 18.6. The van der Waals surface area contributed by atoms with Gasteiger partial charge in [0.25, 0.3) is 5.91 Å². The highest BCUT2D eigenvalue weighted by Gasteiger charge is 2.44. The number of carboxylic acid groups (broad SMARTS) is 2. The zero-order valence-electron chi connectivity index (χ0n) is 67.7. The molecule has 2 heterocycles. The first-order chi connectivity index (χ1) is 52.7. The number of nitrogens with two attached hydrogens (primary N) is 1. The highest BCUT2D eigenvalue weighted by molar-refractivity contribution is 6.00. The van der Waals surface area contributed by atoms with Crippen LogP contribution in [0.1, 0.15) is 127 Å². The number of nitrogens with zero attached hydrogens (tertiary/aromatic N) is 3. The highest BCUT2D eigenvalue weighted by Crippen LogP contribution is 2.24. The van der Waals surface area contributed by atoms with Crippen molar-refractivity contribution in [3.63, 3.8) is 0 Å². The molecule has 2 fully saturated rings. The third-order valence-corrected chi connectivity index (χ3v) is 18.0. The van der Waals surface area contributed by atoms with E-state index in [2.05, 4.69) is 47.9 Å². The van der Waals surface area contributed by atoms with E-state index < -0.39 is 206 Å². The first-order valence-corrected chi connectivity index (χ1v) is 34.7. The quantitative estimate of drug-likeness (QED) is 0.0222. The molecule has 2 aliphatic rings. The standard InChI is InChI=1S/C75H103N13O15/c1-46(2)63(85-67(94)56(42-50-27-15-10-16-28-50)81-70(97)60(88(6,7)8)44-52-31-19-12-20-32-52)71(98)78-48(5)73(100)86-39-23-34-58(86)69(96)83-57(43-51-29-17-11-18-30-51)74(101)87-40-24-35-59(87)68(95)80-53(36-37-62(90)91)66(93)84-64(47(3)4)72(99)82-55(41-49-25-13-9-14-26-49)65(92)77-45-61(89)79-54(75(102)103)33-21-22-38-76/h9-20,25-32,46-48,53-60,63-64H,21-24,33-45,76H2,1-8H3,(H10-,77,78,79,80,81,82,83,84,85,89,90,91,92,93,94,95,96,97,98,99,102,103)/p+1/t48-,53-,54-,55-,56-,57-,58-,59-,60-,63-,64-/m0/s1/i6D3,7D3,8D3. The van der Waals surface area contributed by atoms with Gasteiger partial charge in [0, 0.05) is 45.2 Å². The predicted molar refractivity (Wildman–Crippen MR) is 383 cm³/mol. The molecule has 558 valence electrons. The molecule has 0 unspecified atom stereocenters. The van der Waals surface area contributed by atoms with Crippen LogP contribution in [0.3, 0.4) is 0 Å². The number of likely N-dealkylation sites (N-methyl/N-ethyl adjacent to an activating group) is 1. The zero-order valence-corrected chi connectivity index (χ0v) is 58.7. The van der Waals surface area contributed by atoms with Crippen LogP contribution in [0.2, 0.25) is 0 Å². The monoisotopic (exact) mass is 1440 g/mol. The minimum atomic E-state index is -3.89. The Balaban J connectivity index is 1.17. The second-order valence-electron chi connectivity index (χ2n) is 26.7. The maximum Gasteiger partial charge on any atom is 0.326 e. The van der Waals surface area contributed by atoms with Crippen LogP contribution < -0.4 is 53.6 Å². The van der Waals surface area contributed by atoms with Gasteiger partial charge >= 0.3 is 11.9 Å². The molecule has 11 amide bonds. The fourth-order valence-electron chi connectivity index (χ4n) is 12.3. The number of likely N-dealkylation sites (tertiary alicyclic amines) is 2. The maximum atomic E-state index is 15.1. The zero-order chi connectivity index (χ0) is 83.0. The van der Waals surface area contributed by atoms with Crippen LogP contribution in [0.15, 0.2) is 121 Å². The maximum absolute atomic E-state index is 15.1. The molecule has 6 rings (SSSR count). The number of hydrogen-bond donors (Lipinski definition) is 12. The van der Waals surface area contributed by atoms with Crippen molar-refractivity contribution >= 4 is 76.9 Å². The topological polar surface area (TPSA) is 403 Å². The van der Waals surface area contributed by atoms with E-state index in [1.807, 2.05) is 0 Å². The molecule has 0 aromatic heterocycles. The Morgan fingerprint density at radius 3 is 1.36 bits per heavy atom. The molecule has 4 aromatic carbocycles. The molecule has 0 radical (unpaired) electrons. The molecule has 0 spiro atoms. The molecule has 11 atom stereocenters. The van der Waals surface area contributed by atoms with Crippen molar-refractivity contribution < 1.29 is 89.4 Å². The lowest BCUT2D eigenvalue weighted by molar-refractivity contribution is -0.886. The summed E-state index contributed by atoms with van der Waals surface area (Å²) in [5, 5.41) is 42.6. The van der Waals surface area contributed by atoms with E-state index in [0.717, 1.165) is 0 Å². The van der Waals surface area contributed by atoms with Gasteiger partial charge in [-0.1, -0.05) is 149 Å². The van der Waals surface area contributed by atoms with Crippen molar-refractivity contribution in [1.29, 1.82) is 0 Å². The summed E-state index contributed by atoms with van der Waals surface area (Å²) in [6.45, 7) is -4.42. The van der Waals surface area contributed by atoms with Crippen LogP contribution in [0.25, 0.3) is 0 Å². The number of carbonyl (C=O) groups excluding carboxylic acids is 11. The van der Waals surface area contributed by atoms with Crippen LogP contribution in [0.5, 0.6) is 0 Å². The average molecular weight is 1440 g/mol. The van der Waals surface area contributed by atoms with E-state index in [9.17, 15) is 67.7 Å². The molecule has 28 nitrogen and oxygen atoms in total. The molecular formula is C75H104N13O15+. The largest absolute Gasteiger partial charge is 0.481 e. The molecule has 0 aliphatic carbocycles. The minimum absolute atomic E-state index is 0.00707. The number of benzene rings is 4. The van der Waals surface area contributed by atoms with Crippen molar-refractivity contribution in [1.82, 2.24) is 57.7 Å². The molecule has 2 aliphatic heterocycles. The van der Waals surface area contributed by atoms with Gasteiger partial charge in [-0.25, -0.2) is 4.79 Å². The van der Waals surface area contributed by atoms with Crippen molar-refractivity contribution in [2.24, 2.45) is 17.6 Å². The minimum Gasteiger partial charge on any atom is -0.481 e. The smallest absolute Gasteiger partial charge is 0.326 e. The molecule has 2 saturated heterocycles. The number of aliphatic carboxylic acids is 2. The van der Waals surface area contributed by atoms with Gasteiger partial charge in [0.2, 0.25) is 59.1 Å². The van der Waals surface area contributed by atoms with Crippen molar-refractivity contribution in [3.8, 4) is 0 Å². The second-order valence-corrected chi connectivity index (χ2v) is 26.7. The first kappa shape index (κ1) is 68.7. The van der Waals surface area contributed by atoms with Gasteiger partial charge in [0.15, 0.2) is 6.04 Å². The lowest BCUT2D eigenvalue weighted by Gasteiger charge is -2.34. The Hall–Kier alpha value is -10.1. The van der Waals surface area contributed by atoms with E-state index in [1.54, 1.807) is 125 Å². The van der Waals surface area contributed by atoms with E-state index in [1.165, 1.54) is 41.0 Å². The number of hydrogen-bond acceptors (Lipinski definition) is 14. The molecule has 28 heteroatoms. The lowest BCUT2D eigenvalue weighted by Crippen LogP contribution is -2.61. The van der Waals surface area contributed by atoms with E-state index in [4.69, 9.17) is 18.1 Å². The summed E-state index contributed by atoms with van der Waals surface area (Å²) in [4.78, 5) is 185. The summed E-state index contributed by atoms with van der Waals surface area (Å²) < 4.78 is 73.5. The fraction of sp³-hybridized carbons (Fsp3) is 0.507. The van der Waals surface area contributed by atoms with Crippen LogP contribution >= 0.6 is 0 Å². The number of nitrogens with one attached hydrogen (secondary N) is 9. The summed E-state index contributed by atoms with van der Waals surface area (Å²) in [7, 11) is 0. The van der Waals surface area contributed by atoms with Crippen molar-refractivity contribution in [2.75, 3.05) is 47.1 Å². The van der Waals surface area contributed by atoms with E-state index >= 15 is 4.79 Å². The number of carboxylic acids is 2. The summed E-state index contributed by atoms with van der Waals surface area (Å²) >= 11 is 0. The van der Waals surface area contributed by atoms with Crippen LogP contribution in [0, 0.1) is 11.8 Å². The molecule has 0 bridgehead atoms. The molecule has 103 heavy (non-hydrogen) atoms. The Bertz CT molecular complexity index is 3870. The van der Waals surface area contributed by atoms with Crippen LogP contribution in [0.4, 0.5) is 0 Å². The number of quaternary nitrogens is 1. The Morgan fingerprint density at radius 1 is 0.476 bits per heavy atom. The van der Waals surface area contributed by atoms with Gasteiger partial charge in [0.05, 0.1) is 39.8 Å². The predicted octanol–water partition coefficient (Wildman–Crippen LogP) is 1.42. The van der Waals surface area contributed by atoms with Crippen LogP contribution in [-0.4, -0.2) is 215 Å². The molecular weight excluding hydrogens is 1320 g/mol. The van der Waals surface area contributed by atoms with Crippen molar-refractivity contribution in [3.05, 3.63) is 144 Å². The summed E-state index contributed by atoms with van der Waals surface area (Å²) in [6.07, 6.45) is -0.776. The second kappa shape index (κ2) is 39.9. The summed E-state index contributed by atoms with van der Waals surface area (Å²) in [5.41, 5.74) is 7.32. The van der Waals surface area contributed by atoms with E-state index in [-0.39, 0.29) is 70.0 Å². The molecule has 4 aromatic rings. The average Bonchev–Trinajstić information content (AvgIpc) is 0.772. The van der Waals surface area contributed by atoms with Gasteiger partial charge in [0.1, 0.15) is 60.4 Å². The fourth-order valence-corrected chi connectivity index (χ4v) is 12.3. The number of unbranched alkanes of at least 4 members (excludes halogenated alkanes) is 1. The Kier molecular flexibility index (Phi) is 26.6. The highest BCUT2D eigenvalue weighted by atomic mass is 16.4. The van der Waals surface area contributed by atoms with Gasteiger partial charge in [-0.15, -0.1) is 0 Å². The lowest BCUT2D eigenvalue weighted by atomic mass is 9.99. The van der Waals surface area contributed by atoms with Gasteiger partial charge in [-0.2, -0.15) is 0 Å². The first-order valence-electron chi connectivity index (χ1n) is 39.2. The van der Waals surface area contributed by atoms with Gasteiger partial charge in [-0.3, -0.25) is 57.5 Å². The molecule has 13 N–H and O–H groups in total.